The van der Waals surface area contributed by atoms with E-state index in [1.165, 1.54) is 19.1 Å². The minimum absolute atomic E-state index is 0.00380. The van der Waals surface area contributed by atoms with Crippen molar-refractivity contribution in [3.05, 3.63) is 12.2 Å². The summed E-state index contributed by atoms with van der Waals surface area (Å²) < 4.78 is 15.0. The maximum atomic E-state index is 11.8. The van der Waals surface area contributed by atoms with Gasteiger partial charge in [-0.25, -0.2) is 0 Å². The number of carbonyl (C=O) groups is 4. The molecule has 0 spiro atoms. The van der Waals surface area contributed by atoms with Crippen molar-refractivity contribution < 1.29 is 33.4 Å². The summed E-state index contributed by atoms with van der Waals surface area (Å²) in [6, 6.07) is 0. The Hall–Kier alpha value is -1.96. The molecule has 1 atom stereocenters. The Morgan fingerprint density at radius 3 is 1.87 bits per heavy atom. The van der Waals surface area contributed by atoms with Gasteiger partial charge in [-0.2, -0.15) is 0 Å². The molecule has 8 heteroatoms. The van der Waals surface area contributed by atoms with E-state index in [9.17, 15) is 19.2 Å². The third-order valence-corrected chi connectivity index (χ3v) is 3.31. The Morgan fingerprint density at radius 1 is 0.913 bits per heavy atom. The molecule has 0 N–H and O–H groups in total. The van der Waals surface area contributed by atoms with Gasteiger partial charge in [-0.05, 0) is 12.2 Å². The van der Waals surface area contributed by atoms with Crippen LogP contribution in [0.1, 0.15) is 20.8 Å². The molecule has 0 saturated heterocycles. The van der Waals surface area contributed by atoms with Gasteiger partial charge in [0.25, 0.3) is 0 Å². The summed E-state index contributed by atoms with van der Waals surface area (Å²) in [6.07, 6.45) is 2.36. The van der Waals surface area contributed by atoms with E-state index in [-0.39, 0.29) is 49.7 Å². The third-order valence-electron chi connectivity index (χ3n) is 3.31. The van der Waals surface area contributed by atoms with E-state index in [1.807, 2.05) is 0 Å². The lowest BCUT2D eigenvalue weighted by Gasteiger charge is -2.13. The molecule has 0 fully saturated rings. The highest BCUT2D eigenvalue weighted by Gasteiger charge is 2.42. The quantitative estimate of drug-likeness (QED) is 0.344. The zero-order valence-corrected chi connectivity index (χ0v) is 13.6. The van der Waals surface area contributed by atoms with Crippen molar-refractivity contribution in [2.45, 2.75) is 26.6 Å². The molecule has 1 rings (SSSR count). The van der Waals surface area contributed by atoms with E-state index >= 15 is 0 Å². The summed E-state index contributed by atoms with van der Waals surface area (Å²) in [4.78, 5) is 46.0. The Bertz CT molecular complexity index is 480. The van der Waals surface area contributed by atoms with Gasteiger partial charge in [0.2, 0.25) is 0 Å². The summed E-state index contributed by atoms with van der Waals surface area (Å²) in [5.74, 6) is -1.92. The van der Waals surface area contributed by atoms with Crippen LogP contribution in [0, 0.1) is 5.92 Å². The number of allylic oxidation sites excluding steroid dienone is 2. The van der Waals surface area contributed by atoms with E-state index in [1.54, 1.807) is 13.8 Å². The highest BCUT2D eigenvalue weighted by Crippen LogP contribution is 2.18. The molecule has 0 radical (unpaired) electrons. The first kappa shape index (κ1) is 19.1. The van der Waals surface area contributed by atoms with Gasteiger partial charge in [0.15, 0.2) is 0 Å². The summed E-state index contributed by atoms with van der Waals surface area (Å²) in [7, 11) is 0. The van der Waals surface area contributed by atoms with Crippen molar-refractivity contribution >= 4 is 30.0 Å². The predicted molar refractivity (Wildman–Crippen MR) is 81.9 cm³/mol. The van der Waals surface area contributed by atoms with Crippen LogP contribution in [0.25, 0.3) is 0 Å². The standard InChI is InChI=1S/C15H21BO7/c1-10(2)14(19)22-8-6-21-7-9-23-15(20)11(3)16-12(17)4-5-13(16)18/h4-5,10-11H,6-9H2,1-3H3. The monoisotopic (exact) mass is 324 g/mol. The van der Waals surface area contributed by atoms with Gasteiger partial charge in [-0.1, -0.05) is 20.8 Å². The molecule has 7 nitrogen and oxygen atoms in total. The molecule has 1 heterocycles. The second-order valence-corrected chi connectivity index (χ2v) is 5.51. The van der Waals surface area contributed by atoms with E-state index in [0.29, 0.717) is 0 Å². The highest BCUT2D eigenvalue weighted by molar-refractivity contribution is 7.17. The van der Waals surface area contributed by atoms with Gasteiger partial charge in [-0.3, -0.25) is 9.59 Å². The van der Waals surface area contributed by atoms with Gasteiger partial charge in [0.05, 0.1) is 19.1 Å². The molecular formula is C15H21BO7. The van der Waals surface area contributed by atoms with E-state index < -0.39 is 18.5 Å². The lowest BCUT2D eigenvalue weighted by molar-refractivity contribution is -0.149. The van der Waals surface area contributed by atoms with Crippen molar-refractivity contribution in [1.82, 2.24) is 0 Å². The first-order chi connectivity index (χ1) is 10.8. The molecule has 0 bridgehead atoms. The third kappa shape index (κ3) is 5.98. The summed E-state index contributed by atoms with van der Waals surface area (Å²) in [5.41, 5.74) is -0.745. The molecule has 0 aliphatic carbocycles. The summed E-state index contributed by atoms with van der Waals surface area (Å²) >= 11 is 0. The molecule has 23 heavy (non-hydrogen) atoms. The van der Waals surface area contributed by atoms with Crippen LogP contribution in [0.4, 0.5) is 0 Å². The van der Waals surface area contributed by atoms with Crippen LogP contribution < -0.4 is 0 Å². The molecule has 1 unspecified atom stereocenters. The molecular weight excluding hydrogens is 303 g/mol. The van der Waals surface area contributed by atoms with Crippen LogP contribution in [0.15, 0.2) is 12.2 Å². The fourth-order valence-corrected chi connectivity index (χ4v) is 1.94. The van der Waals surface area contributed by atoms with Crippen molar-refractivity contribution in [2.75, 3.05) is 26.4 Å². The van der Waals surface area contributed by atoms with Crippen molar-refractivity contribution in [1.29, 1.82) is 0 Å². The van der Waals surface area contributed by atoms with E-state index in [0.717, 1.165) is 0 Å². The number of hydrogen-bond donors (Lipinski definition) is 0. The normalized spacial score (nSPS) is 15.2. The average Bonchev–Trinajstić information content (AvgIpc) is 2.83. The smallest absolute Gasteiger partial charge is 0.327 e. The molecule has 0 saturated carbocycles. The molecule has 0 aromatic heterocycles. The van der Waals surface area contributed by atoms with Gasteiger partial charge < -0.3 is 23.8 Å². The molecule has 0 aromatic carbocycles. The van der Waals surface area contributed by atoms with Crippen LogP contribution >= 0.6 is 0 Å². The Morgan fingerprint density at radius 2 is 1.39 bits per heavy atom. The Labute approximate surface area is 135 Å². The zero-order chi connectivity index (χ0) is 17.4. The van der Waals surface area contributed by atoms with Crippen molar-refractivity contribution in [2.24, 2.45) is 5.92 Å². The van der Waals surface area contributed by atoms with Crippen LogP contribution in [-0.2, 0) is 33.4 Å². The average molecular weight is 324 g/mol. The maximum Gasteiger partial charge on any atom is 0.327 e. The highest BCUT2D eigenvalue weighted by atomic mass is 16.6. The predicted octanol–water partition coefficient (Wildman–Crippen LogP) is 0.417. The van der Waals surface area contributed by atoms with E-state index in [2.05, 4.69) is 0 Å². The lowest BCUT2D eigenvalue weighted by Crippen LogP contribution is -2.37. The van der Waals surface area contributed by atoms with E-state index in [4.69, 9.17) is 14.2 Å². The summed E-state index contributed by atoms with van der Waals surface area (Å²) in [6.45, 7) is 4.47. The second kappa shape index (κ2) is 9.24. The van der Waals surface area contributed by atoms with Crippen LogP contribution in [0.2, 0.25) is 5.82 Å². The minimum Gasteiger partial charge on any atom is -0.464 e. The van der Waals surface area contributed by atoms with Crippen molar-refractivity contribution in [3.63, 3.8) is 0 Å². The number of rotatable bonds is 9. The number of esters is 2. The zero-order valence-electron chi connectivity index (χ0n) is 13.6. The lowest BCUT2D eigenvalue weighted by atomic mass is 9.38. The number of carbonyl (C=O) groups excluding carboxylic acids is 4. The fraction of sp³-hybridized carbons (Fsp3) is 0.600. The maximum absolute atomic E-state index is 11.8. The fourth-order valence-electron chi connectivity index (χ4n) is 1.94. The van der Waals surface area contributed by atoms with Crippen LogP contribution in [0.5, 0.6) is 0 Å². The molecule has 1 aliphatic heterocycles. The molecule has 126 valence electrons. The number of hydrogen-bond acceptors (Lipinski definition) is 7. The minimum atomic E-state index is -0.973. The Kier molecular flexibility index (Phi) is 7.67. The SMILES string of the molecule is CC(C)C(=O)OCCOCCOC(=O)C(C)B1C(=O)C=CC1=O. The summed E-state index contributed by atoms with van der Waals surface area (Å²) in [5, 5.41) is 0. The van der Waals surface area contributed by atoms with Gasteiger partial charge in [-0.15, -0.1) is 0 Å². The largest absolute Gasteiger partial charge is 0.464 e. The molecule has 0 amide bonds. The second-order valence-electron chi connectivity index (χ2n) is 5.51. The first-order valence-electron chi connectivity index (χ1n) is 7.51. The van der Waals surface area contributed by atoms with Crippen molar-refractivity contribution in [3.8, 4) is 0 Å². The van der Waals surface area contributed by atoms with Crippen LogP contribution in [0.3, 0.4) is 0 Å². The van der Waals surface area contributed by atoms with Gasteiger partial charge in [0, 0.05) is 5.82 Å². The number of ether oxygens (including phenoxy) is 3. The Balaban J connectivity index is 2.14. The topological polar surface area (TPSA) is 96.0 Å². The molecule has 1 aliphatic rings. The van der Waals surface area contributed by atoms with Crippen LogP contribution in [-0.4, -0.2) is 56.4 Å². The van der Waals surface area contributed by atoms with Gasteiger partial charge >= 0.3 is 18.7 Å². The van der Waals surface area contributed by atoms with Gasteiger partial charge in [0.1, 0.15) is 24.6 Å². The molecule has 0 aromatic rings. The first-order valence-corrected chi connectivity index (χ1v) is 7.51.